The van der Waals surface area contributed by atoms with Gasteiger partial charge in [-0.3, -0.25) is 14.6 Å². The number of ketones is 1. The van der Waals surface area contributed by atoms with Gasteiger partial charge in [0, 0.05) is 42.7 Å². The standard InChI is InChI=1S/C26H31N5O2/c1-4-18(2)11-12-31-17-21(9-10-26(31)33)23-15-29-16-24(30-23)25(32)13-22(27)20-7-5-19(6-8-20)14-28-3/h5-10,13,15-18,28H,4,11-12,14,27H2,1-3H3/t18-/m0/s1. The van der Waals surface area contributed by atoms with E-state index in [0.717, 1.165) is 36.1 Å². The first-order valence-corrected chi connectivity index (χ1v) is 11.2. The Hall–Kier alpha value is -3.58. The molecule has 0 fully saturated rings. The number of nitrogens with zero attached hydrogens (tertiary/aromatic N) is 3. The number of nitrogens with one attached hydrogen (secondary N) is 1. The smallest absolute Gasteiger partial charge is 0.250 e. The number of rotatable bonds is 10. The molecule has 2 heterocycles. The molecule has 0 saturated carbocycles. The summed E-state index contributed by atoms with van der Waals surface area (Å²) in [5.41, 5.74) is 9.81. The summed E-state index contributed by atoms with van der Waals surface area (Å²) >= 11 is 0. The average molecular weight is 446 g/mol. The van der Waals surface area contributed by atoms with E-state index in [2.05, 4.69) is 29.1 Å². The molecule has 0 bridgehead atoms. The number of allylic oxidation sites excluding steroid dienone is 1. The maximum atomic E-state index is 12.8. The van der Waals surface area contributed by atoms with Crippen LogP contribution in [0.25, 0.3) is 17.0 Å². The molecule has 0 aliphatic rings. The van der Waals surface area contributed by atoms with E-state index in [1.165, 1.54) is 18.3 Å². The highest BCUT2D eigenvalue weighted by Crippen LogP contribution is 2.17. The lowest BCUT2D eigenvalue weighted by atomic mass is 10.1. The van der Waals surface area contributed by atoms with Crippen molar-refractivity contribution < 1.29 is 4.79 Å². The van der Waals surface area contributed by atoms with Gasteiger partial charge in [-0.05, 0) is 36.6 Å². The summed E-state index contributed by atoms with van der Waals surface area (Å²) in [4.78, 5) is 33.7. The molecule has 7 nitrogen and oxygen atoms in total. The number of aryl methyl sites for hydroxylation is 1. The molecule has 0 aliphatic carbocycles. The van der Waals surface area contributed by atoms with Crippen molar-refractivity contribution in [3.63, 3.8) is 0 Å². The highest BCUT2D eigenvalue weighted by atomic mass is 16.1. The van der Waals surface area contributed by atoms with E-state index in [4.69, 9.17) is 5.73 Å². The summed E-state index contributed by atoms with van der Waals surface area (Å²) in [7, 11) is 1.89. The van der Waals surface area contributed by atoms with Gasteiger partial charge in [-0.15, -0.1) is 0 Å². The molecule has 0 unspecified atom stereocenters. The van der Waals surface area contributed by atoms with Crippen molar-refractivity contribution in [3.05, 3.63) is 88.2 Å². The average Bonchev–Trinajstić information content (AvgIpc) is 2.84. The quantitative estimate of drug-likeness (QED) is 0.365. The molecule has 0 spiro atoms. The molecule has 1 aromatic carbocycles. The van der Waals surface area contributed by atoms with Crippen molar-refractivity contribution in [1.29, 1.82) is 0 Å². The second kappa shape index (κ2) is 11.3. The van der Waals surface area contributed by atoms with Crippen molar-refractivity contribution >= 4 is 11.5 Å². The molecule has 0 saturated heterocycles. The van der Waals surface area contributed by atoms with E-state index in [9.17, 15) is 9.59 Å². The highest BCUT2D eigenvalue weighted by molar-refractivity contribution is 6.07. The van der Waals surface area contributed by atoms with Gasteiger partial charge in [0.25, 0.3) is 5.56 Å². The zero-order chi connectivity index (χ0) is 23.8. The van der Waals surface area contributed by atoms with Crippen LogP contribution >= 0.6 is 0 Å². The Kier molecular flexibility index (Phi) is 8.27. The van der Waals surface area contributed by atoms with E-state index in [1.54, 1.807) is 23.0 Å². The third-order valence-electron chi connectivity index (χ3n) is 5.68. The molecule has 0 aliphatic heterocycles. The lowest BCUT2D eigenvalue weighted by Gasteiger charge is -2.11. The zero-order valence-corrected chi connectivity index (χ0v) is 19.4. The summed E-state index contributed by atoms with van der Waals surface area (Å²) in [6.45, 7) is 5.71. The van der Waals surface area contributed by atoms with Crippen molar-refractivity contribution in [2.75, 3.05) is 7.05 Å². The Morgan fingerprint density at radius 1 is 1.18 bits per heavy atom. The molecular weight excluding hydrogens is 414 g/mol. The minimum absolute atomic E-state index is 0.0568. The SMILES string of the molecule is CC[C@H](C)CCn1cc(-c2cncc(C(=O)C=C(N)c3ccc(CNC)cc3)n2)ccc1=O. The number of carbonyl (C=O) groups excluding carboxylic acids is 1. The van der Waals surface area contributed by atoms with Crippen LogP contribution in [0, 0.1) is 5.92 Å². The Balaban J connectivity index is 1.81. The van der Waals surface area contributed by atoms with Gasteiger partial charge >= 0.3 is 0 Å². The van der Waals surface area contributed by atoms with Crippen LogP contribution in [0.5, 0.6) is 0 Å². The normalized spacial score (nSPS) is 12.5. The van der Waals surface area contributed by atoms with E-state index in [-0.39, 0.29) is 17.0 Å². The second-order valence-corrected chi connectivity index (χ2v) is 8.23. The molecule has 1 atom stereocenters. The lowest BCUT2D eigenvalue weighted by Crippen LogP contribution is -2.19. The minimum Gasteiger partial charge on any atom is -0.398 e. The predicted molar refractivity (Wildman–Crippen MR) is 132 cm³/mol. The Morgan fingerprint density at radius 3 is 2.64 bits per heavy atom. The third-order valence-corrected chi connectivity index (χ3v) is 5.68. The topological polar surface area (TPSA) is 103 Å². The minimum atomic E-state index is -0.328. The fraction of sp³-hybridized carbons (Fsp3) is 0.308. The molecule has 33 heavy (non-hydrogen) atoms. The van der Waals surface area contributed by atoms with E-state index < -0.39 is 0 Å². The van der Waals surface area contributed by atoms with E-state index >= 15 is 0 Å². The summed E-state index contributed by atoms with van der Waals surface area (Å²) in [5.74, 6) is 0.212. The van der Waals surface area contributed by atoms with Crippen LogP contribution in [0.4, 0.5) is 0 Å². The van der Waals surface area contributed by atoms with Gasteiger partial charge < -0.3 is 15.6 Å². The molecule has 7 heteroatoms. The first-order chi connectivity index (χ1) is 15.9. The number of hydrogen-bond acceptors (Lipinski definition) is 6. The molecule has 0 radical (unpaired) electrons. The van der Waals surface area contributed by atoms with Gasteiger partial charge in [-0.1, -0.05) is 44.5 Å². The van der Waals surface area contributed by atoms with Gasteiger partial charge in [0.2, 0.25) is 5.78 Å². The maximum absolute atomic E-state index is 12.8. The van der Waals surface area contributed by atoms with Gasteiger partial charge in [-0.2, -0.15) is 0 Å². The zero-order valence-electron chi connectivity index (χ0n) is 19.4. The Morgan fingerprint density at radius 2 is 1.94 bits per heavy atom. The summed E-state index contributed by atoms with van der Waals surface area (Å²) < 4.78 is 1.69. The van der Waals surface area contributed by atoms with Gasteiger partial charge in [-0.25, -0.2) is 4.98 Å². The number of pyridine rings is 1. The molecule has 2 aromatic heterocycles. The fourth-order valence-corrected chi connectivity index (χ4v) is 3.36. The summed E-state index contributed by atoms with van der Waals surface area (Å²) in [5, 5.41) is 3.09. The molecule has 3 N–H and O–H groups in total. The Bertz CT molecular complexity index is 1180. The Labute approximate surface area is 194 Å². The van der Waals surface area contributed by atoms with Crippen LogP contribution in [-0.4, -0.2) is 27.4 Å². The summed E-state index contributed by atoms with van der Waals surface area (Å²) in [6, 6.07) is 10.9. The van der Waals surface area contributed by atoms with Gasteiger partial charge in [0.1, 0.15) is 5.69 Å². The van der Waals surface area contributed by atoms with Crippen LogP contribution in [0.2, 0.25) is 0 Å². The first kappa shape index (κ1) is 24.1. The third kappa shape index (κ3) is 6.46. The van der Waals surface area contributed by atoms with Crippen molar-refractivity contribution in [2.45, 2.75) is 39.8 Å². The highest BCUT2D eigenvalue weighted by Gasteiger charge is 2.11. The van der Waals surface area contributed by atoms with Crippen LogP contribution in [0.1, 0.15) is 48.3 Å². The van der Waals surface area contributed by atoms with E-state index in [1.807, 2.05) is 31.3 Å². The maximum Gasteiger partial charge on any atom is 0.250 e. The van der Waals surface area contributed by atoms with Crippen LogP contribution < -0.4 is 16.6 Å². The largest absolute Gasteiger partial charge is 0.398 e. The number of nitrogens with two attached hydrogens (primary N) is 1. The fourth-order valence-electron chi connectivity index (χ4n) is 3.36. The number of carbonyl (C=O) groups is 1. The van der Waals surface area contributed by atoms with Crippen LogP contribution in [-0.2, 0) is 13.1 Å². The van der Waals surface area contributed by atoms with Crippen molar-refractivity contribution in [1.82, 2.24) is 19.9 Å². The first-order valence-electron chi connectivity index (χ1n) is 11.2. The number of hydrogen-bond donors (Lipinski definition) is 2. The molecular formula is C26H31N5O2. The predicted octanol–water partition coefficient (Wildman–Crippen LogP) is 3.64. The van der Waals surface area contributed by atoms with Gasteiger partial charge in [0.15, 0.2) is 0 Å². The lowest BCUT2D eigenvalue weighted by molar-refractivity contribution is 0.104. The van der Waals surface area contributed by atoms with Crippen LogP contribution in [0.15, 0.2) is 65.9 Å². The molecule has 3 rings (SSSR count). The number of benzene rings is 1. The van der Waals surface area contributed by atoms with Crippen molar-refractivity contribution in [3.8, 4) is 11.3 Å². The molecule has 3 aromatic rings. The molecule has 0 amide bonds. The van der Waals surface area contributed by atoms with Gasteiger partial charge in [0.05, 0.1) is 18.1 Å². The second-order valence-electron chi connectivity index (χ2n) is 8.23. The van der Waals surface area contributed by atoms with E-state index in [0.29, 0.717) is 23.9 Å². The molecule has 172 valence electrons. The van der Waals surface area contributed by atoms with Crippen LogP contribution in [0.3, 0.4) is 0 Å². The monoisotopic (exact) mass is 445 g/mol. The summed E-state index contributed by atoms with van der Waals surface area (Å²) in [6.07, 6.45) is 8.15. The number of aromatic nitrogens is 3. The van der Waals surface area contributed by atoms with Crippen molar-refractivity contribution in [2.24, 2.45) is 11.7 Å².